The Labute approximate surface area is 147 Å². The summed E-state index contributed by atoms with van der Waals surface area (Å²) in [5.74, 6) is -0.350. The van der Waals surface area contributed by atoms with Crippen molar-refractivity contribution < 1.29 is 14.7 Å². The van der Waals surface area contributed by atoms with Gasteiger partial charge in [0.1, 0.15) is 11.9 Å². The lowest BCUT2D eigenvalue weighted by atomic mass is 9.93. The van der Waals surface area contributed by atoms with E-state index >= 15 is 0 Å². The van der Waals surface area contributed by atoms with Crippen LogP contribution in [0.2, 0.25) is 0 Å². The SMILES string of the molecule is N=C(N)c1ccc(C2=NOC(CN3CCC(CC(=O)O)CC3)C2)cc1. The molecule has 1 atom stereocenters. The summed E-state index contributed by atoms with van der Waals surface area (Å²) >= 11 is 0. The summed E-state index contributed by atoms with van der Waals surface area (Å²) in [6.07, 6.45) is 2.93. The Morgan fingerprint density at radius 3 is 2.60 bits per heavy atom. The van der Waals surface area contributed by atoms with Crippen LogP contribution in [0.3, 0.4) is 0 Å². The fourth-order valence-corrected chi connectivity index (χ4v) is 3.45. The van der Waals surface area contributed by atoms with Gasteiger partial charge in [-0.15, -0.1) is 0 Å². The van der Waals surface area contributed by atoms with Crippen LogP contribution >= 0.6 is 0 Å². The number of nitrogen functional groups attached to an aromatic ring is 1. The van der Waals surface area contributed by atoms with Crippen LogP contribution in [0, 0.1) is 11.3 Å². The Kier molecular flexibility index (Phi) is 5.33. The third-order valence-corrected chi connectivity index (χ3v) is 4.89. The Balaban J connectivity index is 1.47. The quantitative estimate of drug-likeness (QED) is 0.536. The molecule has 2 heterocycles. The van der Waals surface area contributed by atoms with E-state index < -0.39 is 5.97 Å². The van der Waals surface area contributed by atoms with E-state index in [0.29, 0.717) is 11.5 Å². The highest BCUT2D eigenvalue weighted by molar-refractivity contribution is 6.02. The first-order chi connectivity index (χ1) is 12.0. The summed E-state index contributed by atoms with van der Waals surface area (Å²) in [6.45, 7) is 2.65. The molecule has 2 aliphatic heterocycles. The molecule has 1 unspecified atom stereocenters. The second-order valence-electron chi connectivity index (χ2n) is 6.80. The molecular formula is C18H24N4O3. The number of rotatable bonds is 6. The standard InChI is InChI=1S/C18H24N4O3/c19-18(20)14-3-1-13(2-4-14)16-10-15(25-21-16)11-22-7-5-12(6-8-22)9-17(23)24/h1-4,12,15H,5-11H2,(H3,19,20)(H,23,24). The lowest BCUT2D eigenvalue weighted by molar-refractivity contribution is -0.138. The number of carbonyl (C=O) groups is 1. The fourth-order valence-electron chi connectivity index (χ4n) is 3.45. The smallest absolute Gasteiger partial charge is 0.303 e. The van der Waals surface area contributed by atoms with Gasteiger partial charge in [-0.3, -0.25) is 15.1 Å². The summed E-state index contributed by atoms with van der Waals surface area (Å²) in [4.78, 5) is 18.7. The van der Waals surface area contributed by atoms with Crippen LogP contribution in [0.4, 0.5) is 0 Å². The minimum Gasteiger partial charge on any atom is -0.481 e. The molecule has 0 saturated carbocycles. The number of nitrogens with two attached hydrogens (primary N) is 1. The van der Waals surface area contributed by atoms with Crippen molar-refractivity contribution in [3.63, 3.8) is 0 Å². The van der Waals surface area contributed by atoms with Gasteiger partial charge in [-0.1, -0.05) is 29.4 Å². The lowest BCUT2D eigenvalue weighted by Gasteiger charge is -2.32. The van der Waals surface area contributed by atoms with Crippen LogP contribution in [0.15, 0.2) is 29.4 Å². The third kappa shape index (κ3) is 4.57. The summed E-state index contributed by atoms with van der Waals surface area (Å²) in [5, 5.41) is 20.5. The van der Waals surface area contributed by atoms with Crippen LogP contribution in [-0.4, -0.2) is 53.3 Å². The Morgan fingerprint density at radius 2 is 2.00 bits per heavy atom. The van der Waals surface area contributed by atoms with Crippen LogP contribution in [0.5, 0.6) is 0 Å². The Morgan fingerprint density at radius 1 is 1.32 bits per heavy atom. The van der Waals surface area contributed by atoms with Crippen LogP contribution < -0.4 is 5.73 Å². The monoisotopic (exact) mass is 344 g/mol. The van der Waals surface area contributed by atoms with E-state index in [4.69, 9.17) is 21.1 Å². The minimum atomic E-state index is -0.702. The van der Waals surface area contributed by atoms with Gasteiger partial charge in [-0.25, -0.2) is 0 Å². The number of carboxylic acid groups (broad SMARTS) is 1. The predicted molar refractivity (Wildman–Crippen MR) is 94.9 cm³/mol. The molecule has 0 aliphatic carbocycles. The van der Waals surface area contributed by atoms with Gasteiger partial charge < -0.3 is 15.7 Å². The molecule has 0 amide bonds. The number of likely N-dealkylation sites (tertiary alicyclic amines) is 1. The van der Waals surface area contributed by atoms with Gasteiger partial charge in [0.05, 0.1) is 5.71 Å². The normalized spacial score (nSPS) is 21.6. The van der Waals surface area contributed by atoms with Crippen LogP contribution in [0.25, 0.3) is 0 Å². The molecule has 7 nitrogen and oxygen atoms in total. The van der Waals surface area contributed by atoms with Crippen molar-refractivity contribution in [2.24, 2.45) is 16.8 Å². The van der Waals surface area contributed by atoms with Gasteiger partial charge in [0.15, 0.2) is 0 Å². The Bertz CT molecular complexity index is 663. The van der Waals surface area contributed by atoms with Gasteiger partial charge in [0.25, 0.3) is 0 Å². The summed E-state index contributed by atoms with van der Waals surface area (Å²) in [5.41, 5.74) is 8.08. The highest BCUT2D eigenvalue weighted by Crippen LogP contribution is 2.23. The summed E-state index contributed by atoms with van der Waals surface area (Å²) in [6, 6.07) is 7.47. The predicted octanol–water partition coefficient (Wildman–Crippen LogP) is 1.65. The number of hydrogen-bond acceptors (Lipinski definition) is 5. The van der Waals surface area contributed by atoms with Crippen molar-refractivity contribution in [1.29, 1.82) is 5.41 Å². The number of oxime groups is 1. The number of carboxylic acids is 1. The molecule has 1 fully saturated rings. The first kappa shape index (κ1) is 17.4. The van der Waals surface area contributed by atoms with Crippen molar-refractivity contribution in [3.05, 3.63) is 35.4 Å². The third-order valence-electron chi connectivity index (χ3n) is 4.89. The zero-order valence-electron chi connectivity index (χ0n) is 14.1. The molecule has 0 radical (unpaired) electrons. The van der Waals surface area contributed by atoms with E-state index in [9.17, 15) is 4.79 Å². The average molecular weight is 344 g/mol. The number of nitrogens with one attached hydrogen (secondary N) is 1. The molecule has 2 aliphatic rings. The second-order valence-corrected chi connectivity index (χ2v) is 6.80. The van der Waals surface area contributed by atoms with Gasteiger partial charge in [-0.05, 0) is 37.4 Å². The van der Waals surface area contributed by atoms with E-state index in [2.05, 4.69) is 10.1 Å². The van der Waals surface area contributed by atoms with Crippen molar-refractivity contribution in [2.75, 3.05) is 19.6 Å². The molecule has 1 saturated heterocycles. The van der Waals surface area contributed by atoms with Gasteiger partial charge in [0, 0.05) is 24.9 Å². The number of aliphatic carboxylic acids is 1. The number of piperidine rings is 1. The van der Waals surface area contributed by atoms with Gasteiger partial charge in [0.2, 0.25) is 0 Å². The van der Waals surface area contributed by atoms with Gasteiger partial charge >= 0.3 is 5.97 Å². The zero-order chi connectivity index (χ0) is 17.8. The summed E-state index contributed by atoms with van der Waals surface area (Å²) in [7, 11) is 0. The zero-order valence-corrected chi connectivity index (χ0v) is 14.1. The molecule has 25 heavy (non-hydrogen) atoms. The van der Waals surface area contributed by atoms with E-state index in [-0.39, 0.29) is 18.4 Å². The van der Waals surface area contributed by atoms with E-state index in [1.54, 1.807) is 0 Å². The molecular weight excluding hydrogens is 320 g/mol. The highest BCUT2D eigenvalue weighted by atomic mass is 16.6. The first-order valence-corrected chi connectivity index (χ1v) is 8.63. The molecule has 1 aromatic carbocycles. The second kappa shape index (κ2) is 7.65. The molecule has 4 N–H and O–H groups in total. The van der Waals surface area contributed by atoms with E-state index in [0.717, 1.165) is 50.2 Å². The molecule has 0 aromatic heterocycles. The summed E-state index contributed by atoms with van der Waals surface area (Å²) < 4.78 is 0. The number of benzene rings is 1. The number of nitrogens with zero attached hydrogens (tertiary/aromatic N) is 2. The molecule has 134 valence electrons. The molecule has 3 rings (SSSR count). The van der Waals surface area contributed by atoms with Crippen LogP contribution in [-0.2, 0) is 9.63 Å². The van der Waals surface area contributed by atoms with E-state index in [1.807, 2.05) is 24.3 Å². The molecule has 7 heteroatoms. The van der Waals surface area contributed by atoms with Gasteiger partial charge in [-0.2, -0.15) is 0 Å². The number of amidine groups is 1. The van der Waals surface area contributed by atoms with Crippen molar-refractivity contribution in [1.82, 2.24) is 4.90 Å². The molecule has 0 spiro atoms. The minimum absolute atomic E-state index is 0.0403. The maximum absolute atomic E-state index is 10.8. The first-order valence-electron chi connectivity index (χ1n) is 8.63. The lowest BCUT2D eigenvalue weighted by Crippen LogP contribution is -2.39. The Hall–Kier alpha value is -2.41. The maximum Gasteiger partial charge on any atom is 0.303 e. The van der Waals surface area contributed by atoms with Crippen molar-refractivity contribution >= 4 is 17.5 Å². The number of hydrogen-bond donors (Lipinski definition) is 3. The van der Waals surface area contributed by atoms with E-state index in [1.165, 1.54) is 0 Å². The average Bonchev–Trinajstić information content (AvgIpc) is 3.05. The molecule has 0 bridgehead atoms. The highest BCUT2D eigenvalue weighted by Gasteiger charge is 2.27. The molecule has 1 aromatic rings. The maximum atomic E-state index is 10.8. The van der Waals surface area contributed by atoms with Crippen LogP contribution in [0.1, 0.15) is 36.8 Å². The largest absolute Gasteiger partial charge is 0.481 e. The van der Waals surface area contributed by atoms with Crippen molar-refractivity contribution in [3.8, 4) is 0 Å². The topological polar surface area (TPSA) is 112 Å². The van der Waals surface area contributed by atoms with Crippen molar-refractivity contribution in [2.45, 2.75) is 31.8 Å². The fraction of sp³-hybridized carbons (Fsp3) is 0.500.